The Morgan fingerprint density at radius 1 is 1.36 bits per heavy atom. The third-order valence-electron chi connectivity index (χ3n) is 5.08. The molecule has 1 spiro atoms. The lowest BCUT2D eigenvalue weighted by molar-refractivity contribution is -0.160. The third-order valence-corrected chi connectivity index (χ3v) is 5.71. The second-order valence-corrected chi connectivity index (χ2v) is 7.17. The number of esters is 1. The van der Waals surface area contributed by atoms with Crippen molar-refractivity contribution in [2.75, 3.05) is 26.8 Å². The molecule has 1 aliphatic heterocycles. The molecule has 1 saturated heterocycles. The van der Waals surface area contributed by atoms with Gasteiger partial charge in [0.1, 0.15) is 6.61 Å². The Bertz CT molecular complexity index is 550. The van der Waals surface area contributed by atoms with Gasteiger partial charge in [-0.25, -0.2) is 4.79 Å². The molecule has 5 nitrogen and oxygen atoms in total. The molecule has 6 heteroatoms. The zero-order valence-electron chi connectivity index (χ0n) is 12.7. The van der Waals surface area contributed by atoms with Gasteiger partial charge in [0.2, 0.25) is 0 Å². The van der Waals surface area contributed by atoms with Crippen LogP contribution in [0.15, 0.2) is 22.9 Å². The number of halogens is 1. The zero-order chi connectivity index (χ0) is 15.6. The van der Waals surface area contributed by atoms with Crippen molar-refractivity contribution in [1.29, 1.82) is 0 Å². The Morgan fingerprint density at radius 2 is 2.09 bits per heavy atom. The van der Waals surface area contributed by atoms with Gasteiger partial charge in [-0.1, -0.05) is 0 Å². The van der Waals surface area contributed by atoms with Gasteiger partial charge >= 0.3 is 5.97 Å². The summed E-state index contributed by atoms with van der Waals surface area (Å²) in [5.74, 6) is -0.338. The molecule has 1 aromatic rings. The summed E-state index contributed by atoms with van der Waals surface area (Å²) in [5.41, 5.74) is 1.07. The summed E-state index contributed by atoms with van der Waals surface area (Å²) in [6.07, 6.45) is 7.60. The van der Waals surface area contributed by atoms with E-state index in [-0.39, 0.29) is 12.6 Å². The molecule has 3 rings (SSSR count). The molecule has 0 amide bonds. The lowest BCUT2D eigenvalue weighted by Gasteiger charge is -2.51. The Balaban J connectivity index is 1.83. The first kappa shape index (κ1) is 15.9. The van der Waals surface area contributed by atoms with Gasteiger partial charge in [0.05, 0.1) is 12.7 Å². The van der Waals surface area contributed by atoms with Crippen molar-refractivity contribution in [2.24, 2.45) is 5.41 Å². The number of rotatable bonds is 4. The number of hydrogen-bond acceptors (Lipinski definition) is 5. The van der Waals surface area contributed by atoms with Gasteiger partial charge < -0.3 is 14.8 Å². The van der Waals surface area contributed by atoms with E-state index in [2.05, 4.69) is 26.2 Å². The molecule has 0 bridgehead atoms. The van der Waals surface area contributed by atoms with Crippen molar-refractivity contribution in [1.82, 2.24) is 10.3 Å². The summed E-state index contributed by atoms with van der Waals surface area (Å²) in [5, 5.41) is 3.38. The van der Waals surface area contributed by atoms with Crippen LogP contribution >= 0.6 is 15.9 Å². The fraction of sp³-hybridized carbons (Fsp3) is 0.625. The molecule has 22 heavy (non-hydrogen) atoms. The van der Waals surface area contributed by atoms with Gasteiger partial charge in [0.25, 0.3) is 0 Å². The van der Waals surface area contributed by atoms with E-state index in [0.29, 0.717) is 5.41 Å². The fourth-order valence-electron chi connectivity index (χ4n) is 3.51. The molecule has 0 unspecified atom stereocenters. The smallest absolute Gasteiger partial charge is 0.331 e. The first-order valence-electron chi connectivity index (χ1n) is 7.61. The molecule has 0 radical (unpaired) electrons. The van der Waals surface area contributed by atoms with Crippen molar-refractivity contribution in [2.45, 2.75) is 31.3 Å². The number of nitrogens with zero attached hydrogens (tertiary/aromatic N) is 1. The first-order valence-corrected chi connectivity index (χ1v) is 8.40. The number of ether oxygens (including phenoxy) is 2. The number of hydrogen-bond donors (Lipinski definition) is 1. The van der Waals surface area contributed by atoms with Crippen LogP contribution in [0.2, 0.25) is 0 Å². The summed E-state index contributed by atoms with van der Waals surface area (Å²) >= 11 is 3.58. The van der Waals surface area contributed by atoms with Crippen LogP contribution in [0.3, 0.4) is 0 Å². The van der Waals surface area contributed by atoms with Crippen LogP contribution in [0, 0.1) is 5.41 Å². The Labute approximate surface area is 138 Å². The lowest BCUT2D eigenvalue weighted by Crippen LogP contribution is -2.57. The highest BCUT2D eigenvalue weighted by Crippen LogP contribution is 2.50. The summed E-state index contributed by atoms with van der Waals surface area (Å²) in [6.45, 7) is 2.17. The predicted octanol–water partition coefficient (Wildman–Crippen LogP) is 2.39. The molecule has 2 aliphatic rings. The van der Waals surface area contributed by atoms with Crippen molar-refractivity contribution >= 4 is 21.9 Å². The molecule has 1 aliphatic carbocycles. The Hall–Kier alpha value is -0.980. The molecular weight excluding hydrogens is 348 g/mol. The topological polar surface area (TPSA) is 60.5 Å². The first-order chi connectivity index (χ1) is 10.6. The number of nitrogens with one attached hydrogen (secondary N) is 1. The molecule has 120 valence electrons. The van der Waals surface area contributed by atoms with Gasteiger partial charge in [0.15, 0.2) is 0 Å². The van der Waals surface area contributed by atoms with Crippen molar-refractivity contribution in [3.05, 3.63) is 28.5 Å². The third kappa shape index (κ3) is 2.92. The zero-order valence-corrected chi connectivity index (χ0v) is 14.3. The summed E-state index contributed by atoms with van der Waals surface area (Å²) in [6, 6.07) is 1.98. The van der Waals surface area contributed by atoms with Crippen LogP contribution in [-0.4, -0.2) is 37.8 Å². The normalized spacial score (nSPS) is 22.1. The highest BCUT2D eigenvalue weighted by Gasteiger charge is 2.48. The standard InChI is InChI=1S/C16H21BrN2O3/c1-21-14(20)9-22-16(12-2-7-18-8-13(12)17)5-3-15(4-6-16)10-19-11-15/h2,7-8,19H,3-6,9-11H2,1H3. The van der Waals surface area contributed by atoms with E-state index in [1.807, 2.05) is 6.07 Å². The van der Waals surface area contributed by atoms with Gasteiger partial charge in [0, 0.05) is 35.5 Å². The van der Waals surface area contributed by atoms with Crippen LogP contribution in [0.5, 0.6) is 0 Å². The predicted molar refractivity (Wildman–Crippen MR) is 85.4 cm³/mol. The molecule has 1 N–H and O–H groups in total. The minimum Gasteiger partial charge on any atom is -0.467 e. The summed E-state index contributed by atoms with van der Waals surface area (Å²) < 4.78 is 11.8. The minimum absolute atomic E-state index is 0.0173. The van der Waals surface area contributed by atoms with Crippen LogP contribution in [0.25, 0.3) is 0 Å². The minimum atomic E-state index is -0.434. The van der Waals surface area contributed by atoms with Crippen molar-refractivity contribution < 1.29 is 14.3 Å². The molecule has 2 fully saturated rings. The van der Waals surface area contributed by atoms with Gasteiger partial charge in [-0.2, -0.15) is 0 Å². The van der Waals surface area contributed by atoms with E-state index in [1.54, 1.807) is 12.4 Å². The maximum atomic E-state index is 11.5. The number of carbonyl (C=O) groups excluding carboxylic acids is 1. The van der Waals surface area contributed by atoms with E-state index < -0.39 is 5.60 Å². The molecule has 0 aromatic carbocycles. The van der Waals surface area contributed by atoms with Gasteiger partial charge in [-0.15, -0.1) is 0 Å². The van der Waals surface area contributed by atoms with E-state index >= 15 is 0 Å². The molecule has 2 heterocycles. The Morgan fingerprint density at radius 3 is 2.64 bits per heavy atom. The molecule has 0 atom stereocenters. The van der Waals surface area contributed by atoms with E-state index in [9.17, 15) is 4.79 Å². The molecular formula is C16H21BrN2O3. The Kier molecular flexibility index (Phi) is 4.52. The van der Waals surface area contributed by atoms with Crippen molar-refractivity contribution in [3.8, 4) is 0 Å². The van der Waals surface area contributed by atoms with Crippen molar-refractivity contribution in [3.63, 3.8) is 0 Å². The number of carbonyl (C=O) groups is 1. The maximum absolute atomic E-state index is 11.5. The summed E-state index contributed by atoms with van der Waals surface area (Å²) in [4.78, 5) is 15.7. The van der Waals surface area contributed by atoms with Gasteiger partial charge in [-0.3, -0.25) is 4.98 Å². The number of pyridine rings is 1. The molecule has 1 aromatic heterocycles. The average molecular weight is 369 g/mol. The SMILES string of the molecule is COC(=O)COC1(c2ccncc2Br)CCC2(CC1)CNC2. The second-order valence-electron chi connectivity index (χ2n) is 6.32. The highest BCUT2D eigenvalue weighted by molar-refractivity contribution is 9.10. The maximum Gasteiger partial charge on any atom is 0.331 e. The van der Waals surface area contributed by atoms with Crippen LogP contribution in [0.1, 0.15) is 31.2 Å². The monoisotopic (exact) mass is 368 g/mol. The van der Waals surface area contributed by atoms with Crippen LogP contribution in [0.4, 0.5) is 0 Å². The number of aromatic nitrogens is 1. The van der Waals surface area contributed by atoms with Gasteiger partial charge in [-0.05, 0) is 53.1 Å². The van der Waals surface area contributed by atoms with Crippen LogP contribution in [-0.2, 0) is 19.9 Å². The van der Waals surface area contributed by atoms with E-state index in [0.717, 1.165) is 48.8 Å². The van der Waals surface area contributed by atoms with E-state index in [1.165, 1.54) is 7.11 Å². The summed E-state index contributed by atoms with van der Waals surface area (Å²) in [7, 11) is 1.39. The fourth-order valence-corrected chi connectivity index (χ4v) is 4.12. The number of methoxy groups -OCH3 is 1. The van der Waals surface area contributed by atoms with Crippen LogP contribution < -0.4 is 5.32 Å². The second kappa shape index (κ2) is 6.26. The molecule has 1 saturated carbocycles. The highest BCUT2D eigenvalue weighted by atomic mass is 79.9. The average Bonchev–Trinajstić information content (AvgIpc) is 2.52. The quantitative estimate of drug-likeness (QED) is 0.826. The lowest BCUT2D eigenvalue weighted by atomic mass is 9.64. The largest absolute Gasteiger partial charge is 0.467 e. The van der Waals surface area contributed by atoms with E-state index in [4.69, 9.17) is 9.47 Å².